The molecule has 71 heavy (non-hydrogen) atoms. The van der Waals surface area contributed by atoms with Gasteiger partial charge in [0.1, 0.15) is 42.2 Å². The predicted octanol–water partition coefficient (Wildman–Crippen LogP) is 11.8. The van der Waals surface area contributed by atoms with Crippen LogP contribution in [0.15, 0.2) is 145 Å². The van der Waals surface area contributed by atoms with Crippen LogP contribution in [-0.4, -0.2) is 77.4 Å². The largest absolute Gasteiger partial charge is 0.489 e. The fourth-order valence-electron chi connectivity index (χ4n) is 10.7. The molecule has 0 aromatic heterocycles. The Bertz CT molecular complexity index is 2630. The Morgan fingerprint density at radius 3 is 2.38 bits per heavy atom. The van der Waals surface area contributed by atoms with Crippen molar-refractivity contribution in [2.45, 2.75) is 109 Å². The molecule has 1 amide bonds. The van der Waals surface area contributed by atoms with Gasteiger partial charge in [-0.25, -0.2) is 9.18 Å². The smallest absolute Gasteiger partial charge is 0.410 e. The number of hydrogen-bond donors (Lipinski definition) is 2. The lowest BCUT2D eigenvalue weighted by Crippen LogP contribution is -2.70. The van der Waals surface area contributed by atoms with Gasteiger partial charge in [-0.05, 0) is 110 Å². The van der Waals surface area contributed by atoms with E-state index in [0.29, 0.717) is 42.2 Å². The molecular weight excluding hydrogens is 900 g/mol. The zero-order chi connectivity index (χ0) is 49.8. The van der Waals surface area contributed by atoms with E-state index in [1.54, 1.807) is 29.2 Å². The normalized spacial score (nSPS) is 21.9. The molecule has 5 aromatic rings. The first-order chi connectivity index (χ1) is 34.5. The van der Waals surface area contributed by atoms with E-state index < -0.39 is 29.4 Å². The van der Waals surface area contributed by atoms with Crippen molar-refractivity contribution in [2.75, 3.05) is 33.0 Å². The molecule has 11 nitrogen and oxygen atoms in total. The number of rotatable bonds is 23. The number of amides is 1. The Morgan fingerprint density at radius 2 is 1.61 bits per heavy atom. The molecule has 8 rings (SSSR count). The number of benzene rings is 5. The molecule has 3 aliphatic rings. The Kier molecular flexibility index (Phi) is 17.3. The van der Waals surface area contributed by atoms with E-state index in [4.69, 9.17) is 33.7 Å². The highest BCUT2D eigenvalue weighted by Crippen LogP contribution is 2.62. The molecule has 376 valence electrons. The number of ether oxygens (including phenoxy) is 5. The molecule has 0 saturated heterocycles. The minimum Gasteiger partial charge on any atom is -0.489 e. The van der Waals surface area contributed by atoms with Gasteiger partial charge in [0, 0.05) is 36.7 Å². The first-order valence-corrected chi connectivity index (χ1v) is 25.2. The zero-order valence-corrected chi connectivity index (χ0v) is 41.3. The molecule has 1 saturated carbocycles. The number of fused-ring (bicyclic) bond motifs is 3. The lowest BCUT2D eigenvalue weighted by molar-refractivity contribution is -0.256. The number of allylic oxidation sites excluding steroid dienone is 1. The summed E-state index contributed by atoms with van der Waals surface area (Å²) in [5.41, 5.74) is 4.16. The summed E-state index contributed by atoms with van der Waals surface area (Å²) in [6.07, 6.45) is 8.00. The maximum Gasteiger partial charge on any atom is 0.410 e. The highest BCUT2D eigenvalue weighted by atomic mass is 19.1. The summed E-state index contributed by atoms with van der Waals surface area (Å²) in [5, 5.41) is 27.1. The van der Waals surface area contributed by atoms with E-state index in [0.717, 1.165) is 58.7 Å². The zero-order valence-electron chi connectivity index (χ0n) is 41.3. The number of carbonyl (C=O) groups is 1. The van der Waals surface area contributed by atoms with Crippen LogP contribution in [0.25, 0.3) is 10.8 Å². The molecular formula is C59H69FN2O9. The summed E-state index contributed by atoms with van der Waals surface area (Å²) in [7, 11) is 0. The molecule has 0 unspecified atom stereocenters. The van der Waals surface area contributed by atoms with Crippen LogP contribution in [0, 0.1) is 23.6 Å². The summed E-state index contributed by atoms with van der Waals surface area (Å²) in [4.78, 5) is 23.4. The molecule has 12 heteroatoms. The number of aliphatic hydroxyl groups excluding tert-OH is 2. The third-order valence-corrected chi connectivity index (χ3v) is 13.8. The number of oxime groups is 1. The highest BCUT2D eigenvalue weighted by molar-refractivity contribution is 6.03. The van der Waals surface area contributed by atoms with Gasteiger partial charge in [-0.15, -0.1) is 6.58 Å². The molecule has 1 fully saturated rings. The lowest BCUT2D eigenvalue weighted by atomic mass is 9.55. The fraction of sp³-hybridized carbons (Fsp3) is 0.424. The van der Waals surface area contributed by atoms with Gasteiger partial charge >= 0.3 is 6.09 Å². The third kappa shape index (κ3) is 12.2. The summed E-state index contributed by atoms with van der Waals surface area (Å²) in [5.74, 6) is -1.64. The molecule has 0 radical (unpaired) electrons. The quantitative estimate of drug-likeness (QED) is 0.0373. The molecule has 6 atom stereocenters. The van der Waals surface area contributed by atoms with Gasteiger partial charge in [-0.1, -0.05) is 121 Å². The topological polar surface area (TPSA) is 129 Å². The fourth-order valence-corrected chi connectivity index (χ4v) is 10.7. The van der Waals surface area contributed by atoms with Crippen LogP contribution >= 0.6 is 0 Å². The molecule has 0 bridgehead atoms. The van der Waals surface area contributed by atoms with Crippen molar-refractivity contribution in [3.05, 3.63) is 168 Å². The number of halogens is 1. The summed E-state index contributed by atoms with van der Waals surface area (Å²) in [6, 6.07) is 35.5. The SMILES string of the molecule is C=CCO[C@@]12Oc3ccc(OCc4ccccc4F)cc3[C@H]3[C@H](CCCCO)[C@@H](CCCCO)C=C(C(=NOC(C)(C)C)C[C@@H]1N(Cc1cccc4ccccc14)C(=O)OCCOCc1ccccc1)[C@H]32. The van der Waals surface area contributed by atoms with Crippen LogP contribution in [0.1, 0.15) is 93.9 Å². The molecule has 2 aliphatic carbocycles. The van der Waals surface area contributed by atoms with E-state index in [9.17, 15) is 14.6 Å². The highest BCUT2D eigenvalue weighted by Gasteiger charge is 2.66. The van der Waals surface area contributed by atoms with Crippen LogP contribution in [0.5, 0.6) is 11.5 Å². The van der Waals surface area contributed by atoms with E-state index in [2.05, 4.69) is 30.9 Å². The van der Waals surface area contributed by atoms with E-state index in [-0.39, 0.29) is 76.2 Å². The van der Waals surface area contributed by atoms with Gasteiger partial charge in [-0.2, -0.15) is 0 Å². The van der Waals surface area contributed by atoms with Crippen molar-refractivity contribution in [3.8, 4) is 11.5 Å². The minimum atomic E-state index is -1.54. The van der Waals surface area contributed by atoms with Crippen LogP contribution in [-0.2, 0) is 38.8 Å². The summed E-state index contributed by atoms with van der Waals surface area (Å²) in [6.45, 7) is 10.9. The van der Waals surface area contributed by atoms with Crippen molar-refractivity contribution >= 4 is 22.6 Å². The first kappa shape index (κ1) is 51.3. The predicted molar refractivity (Wildman–Crippen MR) is 273 cm³/mol. The Labute approximate surface area is 417 Å². The van der Waals surface area contributed by atoms with Gasteiger partial charge in [-0.3, -0.25) is 4.90 Å². The Hall–Kier alpha value is -6.05. The Balaban J connectivity index is 1.29. The van der Waals surface area contributed by atoms with Crippen LogP contribution < -0.4 is 9.47 Å². The van der Waals surface area contributed by atoms with Gasteiger partial charge in [0.25, 0.3) is 0 Å². The van der Waals surface area contributed by atoms with Crippen molar-refractivity contribution < 1.29 is 47.9 Å². The summed E-state index contributed by atoms with van der Waals surface area (Å²) >= 11 is 0. The Morgan fingerprint density at radius 1 is 0.873 bits per heavy atom. The van der Waals surface area contributed by atoms with Crippen LogP contribution in [0.3, 0.4) is 0 Å². The lowest BCUT2D eigenvalue weighted by Gasteiger charge is -2.60. The standard InChI is InChI=1S/C59H69FN2O9/c1-5-32-69-59-54(62(38-44-24-17-23-42-20-9-11-25-47(42)44)57(65)67-34-33-66-39-41-18-7-6-8-19-41)37-52(61-71-58(2,3)4)49-35-43(21-13-15-30-63)48(26-14-16-31-64)55(56(49)59)50-36-46(28-29-53(50)70-59)68-40-45-22-10-12-27-51(45)60/h5-12,17-20,22-25,27-29,35-36,43,48,54-56,63-64H,1,13-16,21,26,30-34,37-40H2,2-4H3/t43-,48+,54-,55+,56+,59+/m0/s1. The average Bonchev–Trinajstić information content (AvgIpc) is 3.37. The van der Waals surface area contributed by atoms with Crippen LogP contribution in [0.2, 0.25) is 0 Å². The van der Waals surface area contributed by atoms with E-state index >= 15 is 4.79 Å². The molecule has 2 N–H and O–H groups in total. The molecule has 1 heterocycles. The first-order valence-electron chi connectivity index (χ1n) is 25.2. The van der Waals surface area contributed by atoms with Crippen molar-refractivity contribution in [3.63, 3.8) is 0 Å². The maximum atomic E-state index is 15.3. The van der Waals surface area contributed by atoms with E-state index in [1.807, 2.05) is 93.6 Å². The number of nitrogens with zero attached hydrogens (tertiary/aromatic N) is 2. The van der Waals surface area contributed by atoms with Crippen molar-refractivity contribution in [2.24, 2.45) is 22.9 Å². The van der Waals surface area contributed by atoms with Crippen molar-refractivity contribution in [1.29, 1.82) is 0 Å². The average molecular weight is 969 g/mol. The number of hydrogen-bond acceptors (Lipinski definition) is 10. The minimum absolute atomic E-state index is 0.00196. The monoisotopic (exact) mass is 968 g/mol. The van der Waals surface area contributed by atoms with Gasteiger partial charge < -0.3 is 38.7 Å². The molecule has 5 aromatic carbocycles. The maximum absolute atomic E-state index is 15.3. The van der Waals surface area contributed by atoms with Gasteiger partial charge in [0.05, 0.1) is 38.0 Å². The van der Waals surface area contributed by atoms with Gasteiger partial charge in [0.2, 0.25) is 5.79 Å². The molecule has 0 spiro atoms. The number of carbonyl (C=O) groups excluding carboxylic acids is 1. The van der Waals surface area contributed by atoms with E-state index in [1.165, 1.54) is 6.07 Å². The second-order valence-corrected chi connectivity index (χ2v) is 19.8. The number of aliphatic hydroxyl groups is 2. The van der Waals surface area contributed by atoms with Crippen LogP contribution in [0.4, 0.5) is 9.18 Å². The van der Waals surface area contributed by atoms with Gasteiger partial charge in [0.15, 0.2) is 0 Å². The number of unbranched alkanes of at least 4 members (excludes halogenated alkanes) is 2. The third-order valence-electron chi connectivity index (χ3n) is 13.8. The summed E-state index contributed by atoms with van der Waals surface area (Å²) < 4.78 is 48.2. The van der Waals surface area contributed by atoms with Crippen molar-refractivity contribution in [1.82, 2.24) is 4.90 Å². The molecule has 1 aliphatic heterocycles. The second-order valence-electron chi connectivity index (χ2n) is 19.8. The second kappa shape index (κ2) is 23.9.